The molecule has 140 valence electrons. The number of carbonyl (C=O) groups is 1. The van der Waals surface area contributed by atoms with Crippen LogP contribution in [0.1, 0.15) is 18.4 Å². The van der Waals surface area contributed by atoms with Crippen molar-refractivity contribution in [1.29, 1.82) is 0 Å². The first-order valence-electron chi connectivity index (χ1n) is 8.70. The van der Waals surface area contributed by atoms with Gasteiger partial charge < -0.3 is 10.2 Å². The molecule has 0 aromatic heterocycles. The van der Waals surface area contributed by atoms with Crippen LogP contribution in [0.3, 0.4) is 0 Å². The van der Waals surface area contributed by atoms with Crippen molar-refractivity contribution in [1.82, 2.24) is 4.90 Å². The minimum Gasteiger partial charge on any atom is -0.355 e. The number of nitrogens with zero attached hydrogens (tertiary/aromatic N) is 2. The molecular formula is C19H18FN3O3S. The van der Waals surface area contributed by atoms with Crippen LogP contribution in [-0.2, 0) is 14.8 Å². The van der Waals surface area contributed by atoms with Crippen molar-refractivity contribution in [2.45, 2.75) is 17.7 Å². The predicted octanol–water partition coefficient (Wildman–Crippen LogP) is 2.63. The molecule has 2 aliphatic rings. The molecule has 0 radical (unpaired) electrons. The van der Waals surface area contributed by atoms with Crippen LogP contribution in [0.4, 0.5) is 10.1 Å². The van der Waals surface area contributed by atoms with Gasteiger partial charge in [-0.2, -0.15) is 8.42 Å². The second-order valence-electron chi connectivity index (χ2n) is 6.64. The summed E-state index contributed by atoms with van der Waals surface area (Å²) in [7, 11) is -3.70. The number of likely N-dealkylation sites (tertiary alicyclic amines) is 1. The molecule has 1 unspecified atom stereocenters. The van der Waals surface area contributed by atoms with Crippen molar-refractivity contribution >= 4 is 27.5 Å². The maximum absolute atomic E-state index is 13.8. The molecule has 27 heavy (non-hydrogen) atoms. The van der Waals surface area contributed by atoms with Crippen LogP contribution in [-0.4, -0.2) is 38.2 Å². The van der Waals surface area contributed by atoms with Crippen LogP contribution < -0.4 is 5.32 Å². The van der Waals surface area contributed by atoms with E-state index in [0.29, 0.717) is 30.9 Å². The number of hydrogen-bond donors (Lipinski definition) is 1. The topological polar surface area (TPSA) is 78.8 Å². The zero-order chi connectivity index (χ0) is 19.0. The molecule has 2 heterocycles. The molecule has 2 aromatic rings. The maximum atomic E-state index is 13.8. The lowest BCUT2D eigenvalue weighted by atomic mass is 9.96. The van der Waals surface area contributed by atoms with Crippen molar-refractivity contribution in [2.24, 2.45) is 10.3 Å². The Bertz CT molecular complexity index is 1040. The fraction of sp³-hybridized carbons (Fsp3) is 0.263. The minimum atomic E-state index is -3.70. The largest absolute Gasteiger partial charge is 0.355 e. The van der Waals surface area contributed by atoms with E-state index in [9.17, 15) is 17.6 Å². The lowest BCUT2D eigenvalue weighted by molar-refractivity contribution is -0.121. The highest BCUT2D eigenvalue weighted by atomic mass is 32.2. The van der Waals surface area contributed by atoms with Gasteiger partial charge in [0.1, 0.15) is 10.7 Å². The van der Waals surface area contributed by atoms with Crippen molar-refractivity contribution < 1.29 is 17.6 Å². The summed E-state index contributed by atoms with van der Waals surface area (Å²) in [6.07, 6.45) is 1.37. The number of anilines is 1. The number of fused-ring (bicyclic) bond motifs is 1. The number of amides is 1. The highest BCUT2D eigenvalue weighted by Gasteiger charge is 2.35. The van der Waals surface area contributed by atoms with Gasteiger partial charge in [-0.3, -0.25) is 4.79 Å². The number of para-hydroxylation sites is 1. The average molecular weight is 387 g/mol. The molecule has 1 atom stereocenters. The number of hydrogen-bond acceptors (Lipinski definition) is 4. The fourth-order valence-corrected chi connectivity index (χ4v) is 4.73. The smallest absolute Gasteiger partial charge is 0.285 e. The van der Waals surface area contributed by atoms with Crippen LogP contribution in [0.15, 0.2) is 57.8 Å². The normalized spacial score (nSPS) is 20.7. The summed E-state index contributed by atoms with van der Waals surface area (Å²) in [5.41, 5.74) is 0.707. The van der Waals surface area contributed by atoms with E-state index in [1.165, 1.54) is 18.2 Å². The quantitative estimate of drug-likeness (QED) is 0.859. The fourth-order valence-electron chi connectivity index (χ4n) is 3.50. The maximum Gasteiger partial charge on any atom is 0.285 e. The summed E-state index contributed by atoms with van der Waals surface area (Å²) in [6.45, 7) is 0.954. The van der Waals surface area contributed by atoms with Crippen LogP contribution in [0, 0.1) is 11.7 Å². The molecule has 0 bridgehead atoms. The summed E-state index contributed by atoms with van der Waals surface area (Å²) in [5.74, 6) is -0.760. The third kappa shape index (κ3) is 3.32. The summed E-state index contributed by atoms with van der Waals surface area (Å²) in [6, 6.07) is 12.7. The van der Waals surface area contributed by atoms with Crippen LogP contribution in [0.25, 0.3) is 0 Å². The monoisotopic (exact) mass is 387 g/mol. The zero-order valence-electron chi connectivity index (χ0n) is 14.4. The van der Waals surface area contributed by atoms with Gasteiger partial charge in [-0.05, 0) is 37.1 Å². The first kappa shape index (κ1) is 17.7. The molecule has 6 nitrogen and oxygen atoms in total. The number of amidine groups is 1. The molecule has 2 aliphatic heterocycles. The van der Waals surface area contributed by atoms with Gasteiger partial charge in [0, 0.05) is 18.7 Å². The molecule has 0 aliphatic carbocycles. The molecule has 2 aromatic carbocycles. The van der Waals surface area contributed by atoms with E-state index in [1.807, 2.05) is 4.90 Å². The van der Waals surface area contributed by atoms with Crippen molar-refractivity contribution in [2.75, 3.05) is 18.4 Å². The Hall–Kier alpha value is -2.74. The first-order chi connectivity index (χ1) is 13.0. The van der Waals surface area contributed by atoms with Crippen molar-refractivity contribution in [3.63, 3.8) is 0 Å². The van der Waals surface area contributed by atoms with Gasteiger partial charge in [0.25, 0.3) is 10.0 Å². The Labute approximate surface area is 156 Å². The van der Waals surface area contributed by atoms with Gasteiger partial charge in [0.2, 0.25) is 5.91 Å². The minimum absolute atomic E-state index is 0.144. The highest BCUT2D eigenvalue weighted by Crippen LogP contribution is 2.30. The van der Waals surface area contributed by atoms with E-state index in [2.05, 4.69) is 9.71 Å². The van der Waals surface area contributed by atoms with Gasteiger partial charge in [0.15, 0.2) is 5.84 Å². The van der Waals surface area contributed by atoms with Crippen LogP contribution in [0.5, 0.6) is 0 Å². The van der Waals surface area contributed by atoms with E-state index >= 15 is 0 Å². The third-order valence-electron chi connectivity index (χ3n) is 4.84. The second kappa shape index (κ2) is 6.77. The predicted molar refractivity (Wildman–Crippen MR) is 99.5 cm³/mol. The van der Waals surface area contributed by atoms with Gasteiger partial charge >= 0.3 is 0 Å². The molecule has 0 spiro atoms. The molecule has 1 amide bonds. The van der Waals surface area contributed by atoms with Crippen LogP contribution >= 0.6 is 0 Å². The SMILES string of the molecule is O=C(Nc1ccccc1F)C1CCCN(C2=NS(=O)(=O)c3ccccc32)C1. The molecule has 4 rings (SSSR count). The number of rotatable bonds is 2. The van der Waals surface area contributed by atoms with Crippen molar-refractivity contribution in [3.8, 4) is 0 Å². The van der Waals surface area contributed by atoms with E-state index in [-0.39, 0.29) is 22.4 Å². The molecule has 1 saturated heterocycles. The van der Waals surface area contributed by atoms with E-state index in [1.54, 1.807) is 30.3 Å². The van der Waals surface area contributed by atoms with E-state index in [0.717, 1.165) is 6.42 Å². The summed E-state index contributed by atoms with van der Waals surface area (Å²) < 4.78 is 42.2. The Morgan fingerprint density at radius 2 is 1.89 bits per heavy atom. The Balaban J connectivity index is 1.54. The van der Waals surface area contributed by atoms with E-state index < -0.39 is 15.8 Å². The summed E-state index contributed by atoms with van der Waals surface area (Å²) in [4.78, 5) is 14.6. The number of carbonyl (C=O) groups excluding carboxylic acids is 1. The number of sulfonamides is 1. The van der Waals surface area contributed by atoms with Gasteiger partial charge in [-0.1, -0.05) is 24.3 Å². The standard InChI is InChI=1S/C19H18FN3O3S/c20-15-8-2-3-9-16(15)21-19(24)13-6-5-11-23(12-13)18-14-7-1-4-10-17(14)27(25,26)22-18/h1-4,7-10,13H,5-6,11-12H2,(H,21,24). The highest BCUT2D eigenvalue weighted by molar-refractivity contribution is 7.90. The summed E-state index contributed by atoms with van der Waals surface area (Å²) >= 11 is 0. The van der Waals surface area contributed by atoms with Crippen molar-refractivity contribution in [3.05, 3.63) is 59.9 Å². The van der Waals surface area contributed by atoms with Gasteiger partial charge in [0.05, 0.1) is 11.6 Å². The Kier molecular flexibility index (Phi) is 4.43. The lowest BCUT2D eigenvalue weighted by Gasteiger charge is -2.33. The summed E-state index contributed by atoms with van der Waals surface area (Å²) in [5, 5.41) is 2.63. The second-order valence-corrected chi connectivity index (χ2v) is 8.21. The molecule has 0 saturated carbocycles. The number of piperidine rings is 1. The van der Waals surface area contributed by atoms with Crippen LogP contribution in [0.2, 0.25) is 0 Å². The number of benzene rings is 2. The Morgan fingerprint density at radius 1 is 1.15 bits per heavy atom. The van der Waals surface area contributed by atoms with Gasteiger partial charge in [-0.25, -0.2) is 4.39 Å². The average Bonchev–Trinajstić information content (AvgIpc) is 2.95. The molecule has 1 fully saturated rings. The molecule has 1 N–H and O–H groups in total. The van der Waals surface area contributed by atoms with Gasteiger partial charge in [-0.15, -0.1) is 4.40 Å². The third-order valence-corrected chi connectivity index (χ3v) is 6.16. The molecular weight excluding hydrogens is 369 g/mol. The zero-order valence-corrected chi connectivity index (χ0v) is 15.2. The lowest BCUT2D eigenvalue weighted by Crippen LogP contribution is -2.43. The van der Waals surface area contributed by atoms with E-state index in [4.69, 9.17) is 0 Å². The molecule has 8 heteroatoms. The first-order valence-corrected chi connectivity index (χ1v) is 10.1. The number of halogens is 1. The Morgan fingerprint density at radius 3 is 2.70 bits per heavy atom. The number of nitrogens with one attached hydrogen (secondary N) is 1.